The Hall–Kier alpha value is -4.11. The van der Waals surface area contributed by atoms with Crippen LogP contribution >= 0.6 is 11.6 Å². The van der Waals surface area contributed by atoms with E-state index in [1.165, 1.54) is 6.07 Å². The molecule has 5 rings (SSSR count). The van der Waals surface area contributed by atoms with Gasteiger partial charge in [-0.15, -0.1) is 0 Å². The summed E-state index contributed by atoms with van der Waals surface area (Å²) < 4.78 is 33.4. The number of hydrogen-bond acceptors (Lipinski definition) is 5. The van der Waals surface area contributed by atoms with Crippen LogP contribution in [0.2, 0.25) is 5.02 Å². The second-order valence-corrected chi connectivity index (χ2v) is 9.74. The predicted molar refractivity (Wildman–Crippen MR) is 142 cm³/mol. The number of aliphatic carboxylic acids is 1. The van der Waals surface area contributed by atoms with Crippen LogP contribution in [0.3, 0.4) is 0 Å². The Morgan fingerprint density at radius 3 is 2.59 bits per heavy atom. The molecule has 0 saturated carbocycles. The number of rotatable bonds is 8. The van der Waals surface area contributed by atoms with Gasteiger partial charge in [0, 0.05) is 40.6 Å². The van der Waals surface area contributed by atoms with Crippen molar-refractivity contribution >= 4 is 34.5 Å². The molecule has 4 aromatic rings. The van der Waals surface area contributed by atoms with Gasteiger partial charge in [-0.05, 0) is 55.7 Å². The van der Waals surface area contributed by atoms with E-state index in [0.29, 0.717) is 58.7 Å². The Labute approximate surface area is 227 Å². The molecular weight excluding hydrogens is 528 g/mol. The molecule has 1 unspecified atom stereocenters. The molecule has 7 nitrogen and oxygen atoms in total. The van der Waals surface area contributed by atoms with Gasteiger partial charge in [-0.3, -0.25) is 9.59 Å². The van der Waals surface area contributed by atoms with E-state index in [1.54, 1.807) is 30.3 Å². The molecule has 39 heavy (non-hydrogen) atoms. The molecule has 1 aliphatic rings. The van der Waals surface area contributed by atoms with Crippen LogP contribution in [0.15, 0.2) is 54.6 Å². The summed E-state index contributed by atoms with van der Waals surface area (Å²) in [5.74, 6) is -2.89. The maximum atomic E-state index is 14.2. The number of hydrogen-bond donors (Lipinski definition) is 2. The lowest BCUT2D eigenvalue weighted by atomic mass is 9.99. The van der Waals surface area contributed by atoms with E-state index in [4.69, 9.17) is 31.4 Å². The molecule has 2 N–H and O–H groups in total. The van der Waals surface area contributed by atoms with Crippen molar-refractivity contribution in [2.24, 2.45) is 0 Å². The predicted octanol–water partition coefficient (Wildman–Crippen LogP) is 6.28. The highest BCUT2D eigenvalue weighted by Gasteiger charge is 2.27. The molecule has 0 saturated heterocycles. The molecule has 200 valence electrons. The van der Waals surface area contributed by atoms with Crippen molar-refractivity contribution in [1.29, 1.82) is 0 Å². The number of carbonyl (C=O) groups is 2. The first kappa shape index (κ1) is 26.5. The molecule has 3 aromatic carbocycles. The number of amides is 1. The zero-order valence-electron chi connectivity index (χ0n) is 20.7. The fraction of sp³-hybridized carbons (Fsp3) is 0.241. The lowest BCUT2D eigenvalue weighted by molar-refractivity contribution is -0.137. The summed E-state index contributed by atoms with van der Waals surface area (Å²) in [4.78, 5) is 33.7. The molecule has 0 aliphatic carbocycles. The summed E-state index contributed by atoms with van der Waals surface area (Å²) in [5.41, 5.74) is 3.80. The van der Waals surface area contributed by atoms with Gasteiger partial charge < -0.3 is 15.2 Å². The minimum atomic E-state index is -0.856. The third kappa shape index (κ3) is 5.98. The normalized spacial score (nSPS) is 14.5. The first-order valence-electron chi connectivity index (χ1n) is 12.5. The van der Waals surface area contributed by atoms with Gasteiger partial charge in [-0.25, -0.2) is 18.7 Å². The zero-order chi connectivity index (χ0) is 27.5. The number of nitrogens with zero attached hydrogens (tertiary/aromatic N) is 2. The van der Waals surface area contributed by atoms with Gasteiger partial charge in [0.25, 0.3) is 5.91 Å². The first-order valence-corrected chi connectivity index (χ1v) is 12.9. The smallest absolute Gasteiger partial charge is 0.303 e. The number of carbonyl (C=O) groups excluding carboxylic acids is 1. The van der Waals surface area contributed by atoms with E-state index >= 15 is 0 Å². The van der Waals surface area contributed by atoms with Crippen LogP contribution in [0.25, 0.3) is 22.3 Å². The standard InChI is InChI=1S/C29H24ClF2N3O4/c30-18-8-5-16(6-9-18)27-24(3-1-2-4-26(36)37)33-25-13-17(7-10-23(25)34-27)29(38)35-22-11-12-39-28-20(22)14-19(31)15-21(28)32/h5-10,13-15,22H,1-4,11-12H2,(H,35,38)(H,36,37). The van der Waals surface area contributed by atoms with Gasteiger partial charge in [0.15, 0.2) is 11.6 Å². The number of halogens is 3. The number of carboxylic acids is 1. The summed E-state index contributed by atoms with van der Waals surface area (Å²) in [5, 5.41) is 12.4. The summed E-state index contributed by atoms with van der Waals surface area (Å²) in [7, 11) is 0. The Bertz CT molecular complexity index is 1560. The molecule has 0 spiro atoms. The number of benzene rings is 3. The Kier molecular flexibility index (Phi) is 7.70. The van der Waals surface area contributed by atoms with Gasteiger partial charge >= 0.3 is 5.97 Å². The molecule has 1 amide bonds. The second kappa shape index (κ2) is 11.3. The quantitative estimate of drug-likeness (QED) is 0.250. The summed E-state index contributed by atoms with van der Waals surface area (Å²) in [6.07, 6.45) is 2.01. The number of nitrogens with one attached hydrogen (secondary N) is 1. The Morgan fingerprint density at radius 2 is 1.82 bits per heavy atom. The average Bonchev–Trinajstić information content (AvgIpc) is 2.91. The highest BCUT2D eigenvalue weighted by Crippen LogP contribution is 2.35. The van der Waals surface area contributed by atoms with Crippen molar-refractivity contribution in [1.82, 2.24) is 15.3 Å². The topological polar surface area (TPSA) is 101 Å². The minimum Gasteiger partial charge on any atom is -0.490 e. The van der Waals surface area contributed by atoms with Crippen LogP contribution in [0.4, 0.5) is 8.78 Å². The van der Waals surface area contributed by atoms with Gasteiger partial charge in [0.1, 0.15) is 5.82 Å². The summed E-state index contributed by atoms with van der Waals surface area (Å²) >= 11 is 6.05. The average molecular weight is 552 g/mol. The highest BCUT2D eigenvalue weighted by molar-refractivity contribution is 6.30. The van der Waals surface area contributed by atoms with E-state index < -0.39 is 29.6 Å². The monoisotopic (exact) mass is 551 g/mol. The van der Waals surface area contributed by atoms with Gasteiger partial charge in [-0.1, -0.05) is 23.7 Å². The van der Waals surface area contributed by atoms with Crippen molar-refractivity contribution in [2.45, 2.75) is 38.1 Å². The van der Waals surface area contributed by atoms with Crippen LogP contribution in [0.5, 0.6) is 5.75 Å². The number of unbranched alkanes of at least 4 members (excludes halogenated alkanes) is 1. The lowest BCUT2D eigenvalue weighted by Gasteiger charge is -2.27. The number of carboxylic acid groups (broad SMARTS) is 1. The highest BCUT2D eigenvalue weighted by atomic mass is 35.5. The zero-order valence-corrected chi connectivity index (χ0v) is 21.5. The molecular formula is C29H24ClF2N3O4. The first-order chi connectivity index (χ1) is 18.8. The Balaban J connectivity index is 1.44. The van der Waals surface area contributed by atoms with Crippen LogP contribution in [-0.2, 0) is 11.2 Å². The van der Waals surface area contributed by atoms with Crippen LogP contribution < -0.4 is 10.1 Å². The van der Waals surface area contributed by atoms with Crippen molar-refractivity contribution in [3.63, 3.8) is 0 Å². The lowest BCUT2D eigenvalue weighted by Crippen LogP contribution is -2.32. The summed E-state index contributed by atoms with van der Waals surface area (Å²) in [6.45, 7) is 0.183. The van der Waals surface area contributed by atoms with E-state index in [2.05, 4.69) is 5.32 Å². The molecule has 1 aliphatic heterocycles. The molecule has 0 fully saturated rings. The maximum absolute atomic E-state index is 14.2. The van der Waals surface area contributed by atoms with E-state index in [9.17, 15) is 18.4 Å². The van der Waals surface area contributed by atoms with Crippen molar-refractivity contribution in [3.8, 4) is 17.0 Å². The molecule has 1 atom stereocenters. The SMILES string of the molecule is O=C(O)CCCCc1nc2cc(C(=O)NC3CCOc4c(F)cc(F)cc43)ccc2nc1-c1ccc(Cl)cc1. The number of ether oxygens (including phenoxy) is 1. The number of aromatic nitrogens is 2. The second-order valence-electron chi connectivity index (χ2n) is 9.30. The van der Waals surface area contributed by atoms with Crippen molar-refractivity contribution < 1.29 is 28.2 Å². The largest absolute Gasteiger partial charge is 0.490 e. The van der Waals surface area contributed by atoms with E-state index in [-0.39, 0.29) is 24.3 Å². The van der Waals surface area contributed by atoms with E-state index in [1.807, 2.05) is 12.1 Å². The summed E-state index contributed by atoms with van der Waals surface area (Å²) in [6, 6.07) is 13.5. The van der Waals surface area contributed by atoms with Crippen LogP contribution in [-0.4, -0.2) is 33.6 Å². The van der Waals surface area contributed by atoms with Gasteiger partial charge in [-0.2, -0.15) is 0 Å². The van der Waals surface area contributed by atoms with Gasteiger partial charge in [0.05, 0.1) is 35.1 Å². The minimum absolute atomic E-state index is 0.0559. The fourth-order valence-corrected chi connectivity index (χ4v) is 4.76. The third-order valence-electron chi connectivity index (χ3n) is 6.54. The molecule has 10 heteroatoms. The molecule has 0 bridgehead atoms. The number of aryl methyl sites for hydroxylation is 1. The van der Waals surface area contributed by atoms with Gasteiger partial charge in [0.2, 0.25) is 0 Å². The maximum Gasteiger partial charge on any atom is 0.303 e. The van der Waals surface area contributed by atoms with E-state index in [0.717, 1.165) is 11.6 Å². The van der Waals surface area contributed by atoms with Crippen LogP contribution in [0, 0.1) is 11.6 Å². The number of fused-ring (bicyclic) bond motifs is 2. The molecule has 2 heterocycles. The molecule has 0 radical (unpaired) electrons. The van der Waals surface area contributed by atoms with Crippen molar-refractivity contribution in [2.75, 3.05) is 6.61 Å². The van der Waals surface area contributed by atoms with Crippen LogP contribution in [0.1, 0.15) is 53.3 Å². The van der Waals surface area contributed by atoms with Crippen molar-refractivity contribution in [3.05, 3.63) is 88.1 Å². The fourth-order valence-electron chi connectivity index (χ4n) is 4.63. The Morgan fingerprint density at radius 1 is 1.03 bits per heavy atom. The third-order valence-corrected chi connectivity index (χ3v) is 6.79. The molecule has 1 aromatic heterocycles.